The lowest BCUT2D eigenvalue weighted by atomic mass is 10.2. The first kappa shape index (κ1) is 8.00. The Bertz CT molecular complexity index is 478. The number of hydrogen-bond donors (Lipinski definition) is 2. The van der Waals surface area contributed by atoms with Crippen molar-refractivity contribution in [3.63, 3.8) is 0 Å². The van der Waals surface area contributed by atoms with Gasteiger partial charge in [-0.3, -0.25) is 4.79 Å². The van der Waals surface area contributed by atoms with Gasteiger partial charge in [-0.1, -0.05) is 11.6 Å². The van der Waals surface area contributed by atoms with Crippen LogP contribution in [0, 0.1) is 0 Å². The number of halogens is 1. The summed E-state index contributed by atoms with van der Waals surface area (Å²) in [7, 11) is 0. The van der Waals surface area contributed by atoms with E-state index in [9.17, 15) is 4.79 Å². The molecule has 0 saturated carbocycles. The second-order valence-corrected chi connectivity index (χ2v) is 2.92. The van der Waals surface area contributed by atoms with Crippen molar-refractivity contribution in [3.05, 3.63) is 22.7 Å². The Balaban J connectivity index is 2.77. The summed E-state index contributed by atoms with van der Waals surface area (Å²) in [6, 6.07) is 3.00. The van der Waals surface area contributed by atoms with Crippen LogP contribution in [0.2, 0.25) is 5.02 Å². The first-order chi connectivity index (χ1) is 6.18. The van der Waals surface area contributed by atoms with E-state index in [1.165, 1.54) is 12.1 Å². The van der Waals surface area contributed by atoms with Gasteiger partial charge in [-0.15, -0.1) is 0 Å². The van der Waals surface area contributed by atoms with E-state index in [1.54, 1.807) is 0 Å². The van der Waals surface area contributed by atoms with Crippen molar-refractivity contribution in [1.82, 2.24) is 15.4 Å². The minimum Gasteiger partial charge on any atom is -0.366 e. The van der Waals surface area contributed by atoms with Crippen molar-refractivity contribution in [2.24, 2.45) is 5.73 Å². The number of nitrogens with one attached hydrogen (secondary N) is 1. The molecule has 0 fully saturated rings. The summed E-state index contributed by atoms with van der Waals surface area (Å²) < 4.78 is 0. The van der Waals surface area contributed by atoms with Crippen molar-refractivity contribution in [2.45, 2.75) is 0 Å². The van der Waals surface area contributed by atoms with Crippen molar-refractivity contribution in [1.29, 1.82) is 0 Å². The van der Waals surface area contributed by atoms with Crippen LogP contribution >= 0.6 is 11.6 Å². The number of amides is 1. The molecule has 0 saturated heterocycles. The summed E-state index contributed by atoms with van der Waals surface area (Å²) in [6.45, 7) is 0. The molecule has 2 rings (SSSR count). The average molecular weight is 197 g/mol. The minimum absolute atomic E-state index is 0.325. The molecule has 0 bridgehead atoms. The second-order valence-electron chi connectivity index (χ2n) is 2.51. The highest BCUT2D eigenvalue weighted by Crippen LogP contribution is 2.21. The van der Waals surface area contributed by atoms with Gasteiger partial charge in [0.05, 0.1) is 5.02 Å². The van der Waals surface area contributed by atoms with E-state index in [2.05, 4.69) is 15.4 Å². The van der Waals surface area contributed by atoms with Crippen LogP contribution in [0.25, 0.3) is 11.0 Å². The molecule has 0 aliphatic rings. The van der Waals surface area contributed by atoms with E-state index in [4.69, 9.17) is 17.3 Å². The molecule has 5 nitrogen and oxygen atoms in total. The number of carbonyl (C=O) groups excluding carboxylic acids is 1. The van der Waals surface area contributed by atoms with Gasteiger partial charge in [-0.25, -0.2) is 0 Å². The summed E-state index contributed by atoms with van der Waals surface area (Å²) in [5.74, 6) is -0.535. The number of nitrogens with two attached hydrogens (primary N) is 1. The first-order valence-corrected chi connectivity index (χ1v) is 3.86. The smallest absolute Gasteiger partial charge is 0.248 e. The highest BCUT2D eigenvalue weighted by atomic mass is 35.5. The predicted molar refractivity (Wildman–Crippen MR) is 47.4 cm³/mol. The number of hydrogen-bond acceptors (Lipinski definition) is 3. The van der Waals surface area contributed by atoms with Crippen LogP contribution in [0.3, 0.4) is 0 Å². The molecule has 66 valence electrons. The number of nitrogens with zero attached hydrogens (tertiary/aromatic N) is 2. The number of primary amides is 1. The average Bonchev–Trinajstić information content (AvgIpc) is 2.51. The van der Waals surface area contributed by atoms with Gasteiger partial charge in [0.15, 0.2) is 0 Å². The molecule has 0 aliphatic heterocycles. The predicted octanol–water partition coefficient (Wildman–Crippen LogP) is 0.710. The van der Waals surface area contributed by atoms with Gasteiger partial charge >= 0.3 is 0 Å². The number of aromatic amines is 1. The fraction of sp³-hybridized carbons (Fsp3) is 0. The Morgan fingerprint density at radius 1 is 1.46 bits per heavy atom. The number of H-pyrrole nitrogens is 1. The summed E-state index contributed by atoms with van der Waals surface area (Å²) in [6.07, 6.45) is 0. The first-order valence-electron chi connectivity index (χ1n) is 3.48. The van der Waals surface area contributed by atoms with E-state index < -0.39 is 5.91 Å². The molecule has 0 spiro atoms. The Morgan fingerprint density at radius 2 is 2.23 bits per heavy atom. The van der Waals surface area contributed by atoms with E-state index in [0.717, 1.165) is 0 Å². The quantitative estimate of drug-likeness (QED) is 0.705. The Hall–Kier alpha value is -1.62. The Labute approximate surface area is 77.9 Å². The fourth-order valence-corrected chi connectivity index (χ4v) is 1.31. The Morgan fingerprint density at radius 3 is 2.92 bits per heavy atom. The molecule has 1 aromatic heterocycles. The maximum atomic E-state index is 10.8. The summed E-state index contributed by atoms with van der Waals surface area (Å²) >= 11 is 5.82. The van der Waals surface area contributed by atoms with Crippen LogP contribution in [0.4, 0.5) is 0 Å². The van der Waals surface area contributed by atoms with Gasteiger partial charge in [0.2, 0.25) is 5.91 Å². The van der Waals surface area contributed by atoms with E-state index >= 15 is 0 Å². The fourth-order valence-electron chi connectivity index (χ4n) is 1.05. The van der Waals surface area contributed by atoms with Gasteiger partial charge in [0.25, 0.3) is 0 Å². The molecule has 13 heavy (non-hydrogen) atoms. The van der Waals surface area contributed by atoms with Gasteiger partial charge in [-0.05, 0) is 12.1 Å². The molecule has 1 amide bonds. The molecule has 0 unspecified atom stereocenters. The zero-order chi connectivity index (χ0) is 9.42. The van der Waals surface area contributed by atoms with Crippen molar-refractivity contribution < 1.29 is 4.79 Å². The van der Waals surface area contributed by atoms with Crippen LogP contribution in [-0.2, 0) is 0 Å². The highest BCUT2D eigenvalue weighted by Gasteiger charge is 2.08. The maximum absolute atomic E-state index is 10.8. The normalized spacial score (nSPS) is 10.5. The summed E-state index contributed by atoms with van der Waals surface area (Å²) in [5, 5.41) is 10.4. The summed E-state index contributed by atoms with van der Waals surface area (Å²) in [4.78, 5) is 10.8. The number of rotatable bonds is 1. The topological polar surface area (TPSA) is 84.7 Å². The molecule has 3 N–H and O–H groups in total. The lowest BCUT2D eigenvalue weighted by Gasteiger charge is -1.95. The monoisotopic (exact) mass is 196 g/mol. The van der Waals surface area contributed by atoms with Gasteiger partial charge in [-0.2, -0.15) is 15.4 Å². The highest BCUT2D eigenvalue weighted by molar-refractivity contribution is 6.35. The maximum Gasteiger partial charge on any atom is 0.248 e. The second kappa shape index (κ2) is 2.70. The number of aromatic nitrogens is 3. The van der Waals surface area contributed by atoms with Crippen LogP contribution in [-0.4, -0.2) is 21.3 Å². The SMILES string of the molecule is NC(=O)c1cc(Cl)c2n[nH]nc2c1. The third kappa shape index (κ3) is 1.23. The number of carbonyl (C=O) groups is 1. The molecule has 1 aromatic carbocycles. The molecule has 0 atom stereocenters. The zero-order valence-electron chi connectivity index (χ0n) is 6.41. The van der Waals surface area contributed by atoms with Gasteiger partial charge < -0.3 is 5.73 Å². The molecule has 2 aromatic rings. The van der Waals surface area contributed by atoms with Gasteiger partial charge in [0.1, 0.15) is 11.0 Å². The minimum atomic E-state index is -0.535. The van der Waals surface area contributed by atoms with E-state index in [-0.39, 0.29) is 0 Å². The van der Waals surface area contributed by atoms with E-state index in [0.29, 0.717) is 21.6 Å². The molecular formula is C7H5ClN4O. The molecular weight excluding hydrogens is 192 g/mol. The summed E-state index contributed by atoms with van der Waals surface area (Å²) in [5.41, 5.74) is 6.47. The largest absolute Gasteiger partial charge is 0.366 e. The Kier molecular flexibility index (Phi) is 1.66. The third-order valence-corrected chi connectivity index (χ3v) is 1.95. The van der Waals surface area contributed by atoms with Crippen molar-refractivity contribution in [3.8, 4) is 0 Å². The zero-order valence-corrected chi connectivity index (χ0v) is 7.17. The van der Waals surface area contributed by atoms with Crippen molar-refractivity contribution >= 4 is 28.5 Å². The molecule has 6 heteroatoms. The molecule has 0 radical (unpaired) electrons. The number of fused-ring (bicyclic) bond motifs is 1. The molecule has 0 aliphatic carbocycles. The van der Waals surface area contributed by atoms with E-state index in [1.807, 2.05) is 0 Å². The molecule has 1 heterocycles. The van der Waals surface area contributed by atoms with Crippen LogP contribution in [0.15, 0.2) is 12.1 Å². The van der Waals surface area contributed by atoms with Gasteiger partial charge in [0, 0.05) is 5.56 Å². The third-order valence-electron chi connectivity index (χ3n) is 1.66. The van der Waals surface area contributed by atoms with Crippen LogP contribution < -0.4 is 5.73 Å². The lowest BCUT2D eigenvalue weighted by Crippen LogP contribution is -2.10. The van der Waals surface area contributed by atoms with Crippen molar-refractivity contribution in [2.75, 3.05) is 0 Å². The van der Waals surface area contributed by atoms with Crippen LogP contribution in [0.5, 0.6) is 0 Å². The lowest BCUT2D eigenvalue weighted by molar-refractivity contribution is 0.100. The standard InChI is InChI=1S/C7H5ClN4O/c8-4-1-3(7(9)13)2-5-6(4)11-12-10-5/h1-2H,(H2,9,13)(H,10,11,12). The van der Waals surface area contributed by atoms with Crippen LogP contribution in [0.1, 0.15) is 10.4 Å². The number of benzene rings is 1.